The maximum absolute atomic E-state index is 12.2. The van der Waals surface area contributed by atoms with Crippen LogP contribution in [-0.4, -0.2) is 16.9 Å². The van der Waals surface area contributed by atoms with Crippen molar-refractivity contribution in [2.24, 2.45) is 11.8 Å². The lowest BCUT2D eigenvalue weighted by Crippen LogP contribution is -2.41. The Hall–Kier alpha value is -1.62. The van der Waals surface area contributed by atoms with Crippen molar-refractivity contribution in [1.29, 1.82) is 0 Å². The van der Waals surface area contributed by atoms with Gasteiger partial charge in [-0.3, -0.25) is 10.6 Å². The molecule has 5 nitrogen and oxygen atoms in total. The summed E-state index contributed by atoms with van der Waals surface area (Å²) in [6.45, 7) is 2.13. The number of nitrogens with one attached hydrogen (secondary N) is 2. The zero-order valence-electron chi connectivity index (χ0n) is 12.1. The van der Waals surface area contributed by atoms with E-state index in [1.165, 1.54) is 32.1 Å². The van der Waals surface area contributed by atoms with Crippen LogP contribution >= 0.6 is 0 Å². The van der Waals surface area contributed by atoms with Gasteiger partial charge in [-0.15, -0.1) is 0 Å². The summed E-state index contributed by atoms with van der Waals surface area (Å²) in [5, 5.41) is 3.14. The number of rotatable bonds is 5. The van der Waals surface area contributed by atoms with Crippen LogP contribution in [0.1, 0.15) is 55.9 Å². The molecule has 110 valence electrons. The molecule has 0 saturated heterocycles. The summed E-state index contributed by atoms with van der Waals surface area (Å²) in [4.78, 5) is 16.4. The number of nitrogens with two attached hydrogens (primary N) is 1. The molecule has 1 aliphatic rings. The topological polar surface area (TPSA) is 80.0 Å². The third-order valence-corrected chi connectivity index (χ3v) is 4.14. The first-order valence-corrected chi connectivity index (χ1v) is 7.48. The SMILES string of the molecule is CCC(NC(=O)c1ccc(NN)cn1)C1CCCCC1. The molecule has 1 aromatic heterocycles. The standard InChI is InChI=1S/C15H24N4O/c1-2-13(11-6-4-3-5-7-11)18-15(20)14-9-8-12(19-16)10-17-14/h8-11,13,19H,2-7,16H2,1H3,(H,18,20). The molecular formula is C15H24N4O. The van der Waals surface area contributed by atoms with Gasteiger partial charge in [0.15, 0.2) is 0 Å². The molecule has 0 aliphatic heterocycles. The quantitative estimate of drug-likeness (QED) is 0.570. The molecule has 0 bridgehead atoms. The van der Waals surface area contributed by atoms with Gasteiger partial charge < -0.3 is 10.7 Å². The van der Waals surface area contributed by atoms with E-state index in [1.54, 1.807) is 18.3 Å². The van der Waals surface area contributed by atoms with Gasteiger partial charge in [-0.1, -0.05) is 26.2 Å². The van der Waals surface area contributed by atoms with Crippen LogP contribution in [0.4, 0.5) is 5.69 Å². The van der Waals surface area contributed by atoms with Crippen molar-refractivity contribution < 1.29 is 4.79 Å². The minimum absolute atomic E-state index is 0.0917. The molecule has 1 saturated carbocycles. The van der Waals surface area contributed by atoms with Crippen LogP contribution in [0.5, 0.6) is 0 Å². The number of nitrogens with zero attached hydrogens (tertiary/aromatic N) is 1. The number of carbonyl (C=O) groups excluding carboxylic acids is 1. The molecule has 5 heteroatoms. The van der Waals surface area contributed by atoms with Crippen molar-refractivity contribution in [3.8, 4) is 0 Å². The van der Waals surface area contributed by atoms with E-state index >= 15 is 0 Å². The Morgan fingerprint density at radius 2 is 2.15 bits per heavy atom. The fourth-order valence-electron chi connectivity index (χ4n) is 2.95. The second-order valence-electron chi connectivity index (χ2n) is 5.46. The van der Waals surface area contributed by atoms with Crippen LogP contribution in [0.2, 0.25) is 0 Å². The Morgan fingerprint density at radius 3 is 2.70 bits per heavy atom. The van der Waals surface area contributed by atoms with Crippen LogP contribution in [0, 0.1) is 5.92 Å². The zero-order chi connectivity index (χ0) is 14.4. The number of carbonyl (C=O) groups is 1. The molecule has 0 spiro atoms. The third-order valence-electron chi connectivity index (χ3n) is 4.14. The fraction of sp³-hybridized carbons (Fsp3) is 0.600. The number of hydrazine groups is 1. The van der Waals surface area contributed by atoms with Gasteiger partial charge in [0.25, 0.3) is 5.91 Å². The Morgan fingerprint density at radius 1 is 1.40 bits per heavy atom. The minimum atomic E-state index is -0.0917. The van der Waals surface area contributed by atoms with Crippen molar-refractivity contribution in [2.45, 2.75) is 51.5 Å². The molecule has 1 aliphatic carbocycles. The summed E-state index contributed by atoms with van der Waals surface area (Å²) in [6, 6.07) is 3.71. The van der Waals surface area contributed by atoms with Gasteiger partial charge in [0.2, 0.25) is 0 Å². The van der Waals surface area contributed by atoms with Gasteiger partial charge in [-0.2, -0.15) is 0 Å². The van der Waals surface area contributed by atoms with Crippen molar-refractivity contribution in [2.75, 3.05) is 5.43 Å². The number of pyridine rings is 1. The highest BCUT2D eigenvalue weighted by molar-refractivity contribution is 5.92. The van der Waals surface area contributed by atoms with Gasteiger partial charge in [0.05, 0.1) is 11.9 Å². The molecule has 1 unspecified atom stereocenters. The number of hydrogen-bond donors (Lipinski definition) is 3. The second kappa shape index (κ2) is 7.24. The van der Waals surface area contributed by atoms with Gasteiger partial charge in [-0.25, -0.2) is 4.98 Å². The summed E-state index contributed by atoms with van der Waals surface area (Å²) >= 11 is 0. The van der Waals surface area contributed by atoms with Crippen molar-refractivity contribution in [3.05, 3.63) is 24.0 Å². The molecule has 20 heavy (non-hydrogen) atoms. The first kappa shape index (κ1) is 14.8. The van der Waals surface area contributed by atoms with Crippen LogP contribution in [-0.2, 0) is 0 Å². The van der Waals surface area contributed by atoms with Gasteiger partial charge in [0.1, 0.15) is 5.69 Å². The maximum Gasteiger partial charge on any atom is 0.270 e. The lowest BCUT2D eigenvalue weighted by atomic mass is 9.83. The van der Waals surface area contributed by atoms with Gasteiger partial charge >= 0.3 is 0 Å². The number of hydrogen-bond acceptors (Lipinski definition) is 4. The highest BCUT2D eigenvalue weighted by Crippen LogP contribution is 2.27. The summed E-state index contributed by atoms with van der Waals surface area (Å²) < 4.78 is 0. The molecule has 0 radical (unpaired) electrons. The Labute approximate surface area is 120 Å². The first-order chi connectivity index (χ1) is 9.74. The van der Waals surface area contributed by atoms with Crippen LogP contribution in [0.3, 0.4) is 0 Å². The molecule has 1 heterocycles. The monoisotopic (exact) mass is 276 g/mol. The van der Waals surface area contributed by atoms with E-state index in [0.29, 0.717) is 17.3 Å². The molecule has 1 fully saturated rings. The predicted molar refractivity (Wildman–Crippen MR) is 80.2 cm³/mol. The highest BCUT2D eigenvalue weighted by Gasteiger charge is 2.24. The van der Waals surface area contributed by atoms with E-state index in [4.69, 9.17) is 5.84 Å². The Balaban J connectivity index is 1.96. The first-order valence-electron chi connectivity index (χ1n) is 7.48. The van der Waals surface area contributed by atoms with Gasteiger partial charge in [-0.05, 0) is 37.3 Å². The summed E-state index contributed by atoms with van der Waals surface area (Å²) in [5.74, 6) is 5.81. The fourth-order valence-corrected chi connectivity index (χ4v) is 2.95. The maximum atomic E-state index is 12.2. The number of aromatic nitrogens is 1. The van der Waals surface area contributed by atoms with E-state index in [0.717, 1.165) is 6.42 Å². The van der Waals surface area contributed by atoms with E-state index in [9.17, 15) is 4.79 Å². The average Bonchev–Trinajstić information content (AvgIpc) is 2.53. The van der Waals surface area contributed by atoms with Crippen molar-refractivity contribution >= 4 is 11.6 Å². The molecule has 0 aromatic carbocycles. The smallest absolute Gasteiger partial charge is 0.270 e. The van der Waals surface area contributed by atoms with Crippen LogP contribution < -0.4 is 16.6 Å². The zero-order valence-corrected chi connectivity index (χ0v) is 12.1. The van der Waals surface area contributed by atoms with Crippen molar-refractivity contribution in [1.82, 2.24) is 10.3 Å². The van der Waals surface area contributed by atoms with E-state index in [1.807, 2.05) is 0 Å². The number of nitrogen functional groups attached to an aromatic ring is 1. The van der Waals surface area contributed by atoms with Crippen LogP contribution in [0.25, 0.3) is 0 Å². The summed E-state index contributed by atoms with van der Waals surface area (Å²) in [6.07, 6.45) is 8.88. The van der Waals surface area contributed by atoms with Crippen molar-refractivity contribution in [3.63, 3.8) is 0 Å². The average molecular weight is 276 g/mol. The number of anilines is 1. The third kappa shape index (κ3) is 3.70. The predicted octanol–water partition coefficient (Wildman–Crippen LogP) is 2.46. The van der Waals surface area contributed by atoms with Gasteiger partial charge in [0, 0.05) is 6.04 Å². The summed E-state index contributed by atoms with van der Waals surface area (Å²) in [7, 11) is 0. The van der Waals surface area contributed by atoms with E-state index < -0.39 is 0 Å². The molecule has 1 aromatic rings. The minimum Gasteiger partial charge on any atom is -0.348 e. The molecule has 1 amide bonds. The molecule has 4 N–H and O–H groups in total. The molecule has 2 rings (SSSR count). The summed E-state index contributed by atoms with van der Waals surface area (Å²) in [5.41, 5.74) is 3.64. The lowest BCUT2D eigenvalue weighted by Gasteiger charge is -2.30. The highest BCUT2D eigenvalue weighted by atomic mass is 16.1. The molecule has 1 atom stereocenters. The Kier molecular flexibility index (Phi) is 5.35. The largest absolute Gasteiger partial charge is 0.348 e. The lowest BCUT2D eigenvalue weighted by molar-refractivity contribution is 0.0906. The van der Waals surface area contributed by atoms with Crippen LogP contribution in [0.15, 0.2) is 18.3 Å². The Bertz CT molecular complexity index is 426. The number of amides is 1. The van der Waals surface area contributed by atoms with E-state index in [2.05, 4.69) is 22.7 Å². The normalized spacial score (nSPS) is 17.5. The second-order valence-corrected chi connectivity index (χ2v) is 5.46. The molecular weight excluding hydrogens is 252 g/mol. The van der Waals surface area contributed by atoms with E-state index in [-0.39, 0.29) is 11.9 Å².